The number of carbonyl (C=O) groups excluding carboxylic acids is 2. The number of ether oxygens (including phenoxy) is 1. The van der Waals surface area contributed by atoms with E-state index >= 15 is 0 Å². The second-order valence-corrected chi connectivity index (χ2v) is 8.68. The van der Waals surface area contributed by atoms with E-state index in [0.717, 1.165) is 30.2 Å². The van der Waals surface area contributed by atoms with Gasteiger partial charge < -0.3 is 14.5 Å². The van der Waals surface area contributed by atoms with Crippen LogP contribution in [0.25, 0.3) is 10.2 Å². The molecule has 7 heteroatoms. The van der Waals surface area contributed by atoms with E-state index in [-0.39, 0.29) is 24.5 Å². The van der Waals surface area contributed by atoms with Crippen molar-refractivity contribution >= 4 is 38.4 Å². The molecule has 0 spiro atoms. The molecule has 0 unspecified atom stereocenters. The predicted octanol–water partition coefficient (Wildman–Crippen LogP) is 4.18. The zero-order valence-electron chi connectivity index (χ0n) is 18.0. The van der Waals surface area contributed by atoms with Crippen LogP contribution in [0.1, 0.15) is 35.7 Å². The highest BCUT2D eigenvalue weighted by molar-refractivity contribution is 7.22. The lowest BCUT2D eigenvalue weighted by atomic mass is 10.1. The number of carbonyl (C=O) groups is 2. The van der Waals surface area contributed by atoms with Gasteiger partial charge in [0.15, 0.2) is 10.9 Å². The van der Waals surface area contributed by atoms with Crippen molar-refractivity contribution in [1.29, 1.82) is 0 Å². The van der Waals surface area contributed by atoms with Crippen molar-refractivity contribution < 1.29 is 14.3 Å². The Morgan fingerprint density at radius 1 is 1.03 bits per heavy atom. The quantitative estimate of drug-likeness (QED) is 0.519. The second kappa shape index (κ2) is 9.47. The van der Waals surface area contributed by atoms with E-state index in [0.29, 0.717) is 24.4 Å². The lowest BCUT2D eigenvalue weighted by Gasteiger charge is -2.34. The summed E-state index contributed by atoms with van der Waals surface area (Å²) in [6, 6.07) is 13.5. The average Bonchev–Trinajstić information content (AvgIpc) is 3.25. The fraction of sp³-hybridized carbons (Fsp3) is 0.375. The van der Waals surface area contributed by atoms with E-state index in [1.54, 1.807) is 42.7 Å². The van der Waals surface area contributed by atoms with Crippen LogP contribution < -0.4 is 9.64 Å². The molecule has 2 heterocycles. The lowest BCUT2D eigenvalue weighted by Crippen LogP contribution is -2.48. The van der Waals surface area contributed by atoms with E-state index in [1.807, 2.05) is 4.90 Å². The summed E-state index contributed by atoms with van der Waals surface area (Å²) < 4.78 is 6.33. The number of fused-ring (bicyclic) bond motifs is 1. The molecule has 0 N–H and O–H groups in total. The molecular weight excluding hydrogens is 410 g/mol. The summed E-state index contributed by atoms with van der Waals surface area (Å²) >= 11 is 1.72. The van der Waals surface area contributed by atoms with Gasteiger partial charge in [-0.3, -0.25) is 9.59 Å². The number of aromatic nitrogens is 1. The van der Waals surface area contributed by atoms with Gasteiger partial charge in [-0.05, 0) is 48.4 Å². The molecular formula is C24H27N3O3S. The minimum Gasteiger partial charge on any atom is -0.497 e. The van der Waals surface area contributed by atoms with Gasteiger partial charge in [-0.25, -0.2) is 4.98 Å². The number of rotatable bonds is 7. The molecule has 162 valence electrons. The normalized spacial score (nSPS) is 14.1. The fourth-order valence-corrected chi connectivity index (χ4v) is 4.84. The van der Waals surface area contributed by atoms with Crippen LogP contribution in [0.4, 0.5) is 5.13 Å². The number of methoxy groups -OCH3 is 1. The first kappa shape index (κ1) is 21.3. The summed E-state index contributed by atoms with van der Waals surface area (Å²) in [6.45, 7) is 5.00. The van der Waals surface area contributed by atoms with E-state index in [9.17, 15) is 9.59 Å². The van der Waals surface area contributed by atoms with Crippen molar-refractivity contribution in [3.05, 3.63) is 53.6 Å². The third kappa shape index (κ3) is 4.88. The van der Waals surface area contributed by atoms with Gasteiger partial charge in [0.1, 0.15) is 5.75 Å². The van der Waals surface area contributed by atoms with Crippen LogP contribution in [0, 0.1) is 0 Å². The van der Waals surface area contributed by atoms with E-state index in [1.165, 1.54) is 10.3 Å². The molecule has 1 saturated heterocycles. The van der Waals surface area contributed by atoms with Gasteiger partial charge in [0.05, 0.1) is 17.3 Å². The van der Waals surface area contributed by atoms with E-state index in [2.05, 4.69) is 30.0 Å². The standard InChI is InChI=1S/C24H27N3O3S/c1-3-17-4-9-20-22(16-17)31-24(25-20)27-14-12-26(13-15-27)23(29)11-10-21(28)18-5-7-19(30-2)8-6-18/h4-9,16H,3,10-15H2,1-2H3. The molecule has 0 saturated carbocycles. The summed E-state index contributed by atoms with van der Waals surface area (Å²) in [7, 11) is 1.59. The summed E-state index contributed by atoms with van der Waals surface area (Å²) in [5, 5.41) is 1.02. The number of piperazine rings is 1. The number of hydrogen-bond acceptors (Lipinski definition) is 6. The first-order valence-corrected chi connectivity index (χ1v) is 11.5. The number of aryl methyl sites for hydroxylation is 1. The molecule has 3 aromatic rings. The van der Waals surface area contributed by atoms with Crippen molar-refractivity contribution in [3.8, 4) is 5.75 Å². The molecule has 1 amide bonds. The van der Waals surface area contributed by atoms with Crippen LogP contribution in [0.2, 0.25) is 0 Å². The predicted molar refractivity (Wildman–Crippen MR) is 124 cm³/mol. The molecule has 1 aliphatic heterocycles. The van der Waals surface area contributed by atoms with Gasteiger partial charge in [-0.15, -0.1) is 0 Å². The Bertz CT molecular complexity index is 1070. The molecule has 31 heavy (non-hydrogen) atoms. The molecule has 1 aromatic heterocycles. The maximum absolute atomic E-state index is 12.6. The van der Waals surface area contributed by atoms with Crippen LogP contribution in [0.15, 0.2) is 42.5 Å². The molecule has 0 radical (unpaired) electrons. The Morgan fingerprint density at radius 3 is 2.45 bits per heavy atom. The van der Waals surface area contributed by atoms with Crippen molar-refractivity contribution in [2.24, 2.45) is 0 Å². The largest absolute Gasteiger partial charge is 0.497 e. The highest BCUT2D eigenvalue weighted by Gasteiger charge is 2.23. The van der Waals surface area contributed by atoms with Crippen molar-refractivity contribution in [2.75, 3.05) is 38.2 Å². The van der Waals surface area contributed by atoms with Gasteiger partial charge in [0, 0.05) is 44.6 Å². The highest BCUT2D eigenvalue weighted by Crippen LogP contribution is 2.30. The van der Waals surface area contributed by atoms with Crippen molar-refractivity contribution in [2.45, 2.75) is 26.2 Å². The summed E-state index contributed by atoms with van der Waals surface area (Å²) in [5.41, 5.74) is 2.97. The maximum Gasteiger partial charge on any atom is 0.223 e. The molecule has 0 atom stereocenters. The monoisotopic (exact) mass is 437 g/mol. The van der Waals surface area contributed by atoms with Crippen molar-refractivity contribution in [3.63, 3.8) is 0 Å². The Kier molecular flexibility index (Phi) is 6.51. The Balaban J connectivity index is 1.29. The molecule has 6 nitrogen and oxygen atoms in total. The van der Waals surface area contributed by atoms with E-state index in [4.69, 9.17) is 9.72 Å². The molecule has 1 fully saturated rings. The van der Waals surface area contributed by atoms with Gasteiger partial charge in [0.25, 0.3) is 0 Å². The highest BCUT2D eigenvalue weighted by atomic mass is 32.1. The zero-order chi connectivity index (χ0) is 21.8. The molecule has 2 aromatic carbocycles. The third-order valence-electron chi connectivity index (χ3n) is 5.73. The number of nitrogens with zero attached hydrogens (tertiary/aromatic N) is 3. The van der Waals surface area contributed by atoms with Crippen LogP contribution in [0.3, 0.4) is 0 Å². The van der Waals surface area contributed by atoms with E-state index < -0.39 is 0 Å². The van der Waals surface area contributed by atoms with Crippen LogP contribution >= 0.6 is 11.3 Å². The summed E-state index contributed by atoms with van der Waals surface area (Å²) in [5.74, 6) is 0.735. The molecule has 0 aliphatic carbocycles. The second-order valence-electron chi connectivity index (χ2n) is 7.67. The lowest BCUT2D eigenvalue weighted by molar-refractivity contribution is -0.131. The van der Waals surface area contributed by atoms with Crippen LogP contribution in [0.5, 0.6) is 5.75 Å². The average molecular weight is 438 g/mol. The Morgan fingerprint density at radius 2 is 1.77 bits per heavy atom. The number of thiazole rings is 1. The maximum atomic E-state index is 12.6. The zero-order valence-corrected chi connectivity index (χ0v) is 18.8. The minimum atomic E-state index is -0.0180. The first-order chi connectivity index (χ1) is 15.1. The summed E-state index contributed by atoms with van der Waals surface area (Å²) in [6.07, 6.45) is 1.49. The van der Waals surface area contributed by atoms with Crippen LogP contribution in [-0.2, 0) is 11.2 Å². The smallest absolute Gasteiger partial charge is 0.223 e. The minimum absolute atomic E-state index is 0.0180. The fourth-order valence-electron chi connectivity index (χ4n) is 3.76. The van der Waals surface area contributed by atoms with Gasteiger partial charge in [0.2, 0.25) is 5.91 Å². The molecule has 0 bridgehead atoms. The number of amides is 1. The van der Waals surface area contributed by atoms with Gasteiger partial charge in [-0.2, -0.15) is 0 Å². The topological polar surface area (TPSA) is 62.7 Å². The first-order valence-electron chi connectivity index (χ1n) is 10.7. The van der Waals surface area contributed by atoms with Crippen molar-refractivity contribution in [1.82, 2.24) is 9.88 Å². The van der Waals surface area contributed by atoms with Gasteiger partial charge >= 0.3 is 0 Å². The summed E-state index contributed by atoms with van der Waals surface area (Å²) in [4.78, 5) is 33.9. The third-order valence-corrected chi connectivity index (χ3v) is 6.81. The number of ketones is 1. The number of benzene rings is 2. The molecule has 4 rings (SSSR count). The molecule has 1 aliphatic rings. The van der Waals surface area contributed by atoms with Gasteiger partial charge in [-0.1, -0.05) is 24.3 Å². The number of anilines is 1. The van der Waals surface area contributed by atoms with Crippen LogP contribution in [-0.4, -0.2) is 54.9 Å². The number of hydrogen-bond donors (Lipinski definition) is 0. The SMILES string of the molecule is CCc1ccc2nc(N3CCN(C(=O)CCC(=O)c4ccc(OC)cc4)CC3)sc2c1. The Labute approximate surface area is 186 Å². The number of Topliss-reactive ketones (excluding diaryl/α,β-unsaturated/α-hetero) is 1. The Hall–Kier alpha value is -2.93.